The van der Waals surface area contributed by atoms with E-state index in [2.05, 4.69) is 72.2 Å². The second-order valence-corrected chi connectivity index (χ2v) is 11.1. The first-order valence-corrected chi connectivity index (χ1v) is 15.8. The third-order valence-electron chi connectivity index (χ3n) is 7.82. The number of ketones is 1. The molecule has 2 N–H and O–H groups in total. The number of fused-ring (bicyclic) bond motifs is 1. The zero-order chi connectivity index (χ0) is 29.4. The van der Waals surface area contributed by atoms with E-state index in [0.717, 1.165) is 6.54 Å². The van der Waals surface area contributed by atoms with E-state index in [-0.39, 0.29) is 5.78 Å². The lowest BCUT2D eigenvalue weighted by Gasteiger charge is -2.11. The maximum absolute atomic E-state index is 11.9. The summed E-state index contributed by atoms with van der Waals surface area (Å²) in [5, 5.41) is 1.35. The molecule has 3 heteroatoms. The zero-order valence-electron chi connectivity index (χ0n) is 25.2. The number of rotatable bonds is 14. The van der Waals surface area contributed by atoms with Crippen molar-refractivity contribution in [3.8, 4) is 11.3 Å². The predicted molar refractivity (Wildman–Crippen MR) is 180 cm³/mol. The Hall–Kier alpha value is -4.11. The fourth-order valence-electron chi connectivity index (χ4n) is 5.45. The Morgan fingerprint density at radius 2 is 1.12 bits per heavy atom. The van der Waals surface area contributed by atoms with Crippen molar-refractivity contribution in [2.45, 2.75) is 77.7 Å². The SMILES string of the molecule is CCCCCCCCCCCCn1c(-c2ccccc2)cc2ccccc21.Nc1ccc(C(=O)c2ccccc2)cc1. The maximum atomic E-state index is 11.9. The van der Waals surface area contributed by atoms with Crippen molar-refractivity contribution >= 4 is 22.4 Å². The smallest absolute Gasteiger partial charge is 0.193 e. The van der Waals surface area contributed by atoms with Gasteiger partial charge in [-0.1, -0.05) is 144 Å². The van der Waals surface area contributed by atoms with Gasteiger partial charge in [0.2, 0.25) is 0 Å². The van der Waals surface area contributed by atoms with Gasteiger partial charge in [-0.3, -0.25) is 4.79 Å². The van der Waals surface area contributed by atoms with Gasteiger partial charge in [0.05, 0.1) is 0 Å². The molecule has 0 atom stereocenters. The van der Waals surface area contributed by atoms with E-state index in [1.54, 1.807) is 36.4 Å². The van der Waals surface area contributed by atoms with Crippen LogP contribution in [0.1, 0.15) is 87.1 Å². The van der Waals surface area contributed by atoms with Crippen LogP contribution in [0.3, 0.4) is 0 Å². The van der Waals surface area contributed by atoms with Gasteiger partial charge in [-0.05, 0) is 48.4 Å². The number of hydrogen-bond acceptors (Lipinski definition) is 2. The number of nitrogen functional groups attached to an aromatic ring is 1. The van der Waals surface area contributed by atoms with Crippen LogP contribution in [0.2, 0.25) is 0 Å². The summed E-state index contributed by atoms with van der Waals surface area (Å²) in [4.78, 5) is 11.9. The molecule has 5 aromatic rings. The van der Waals surface area contributed by atoms with Crippen LogP contribution in [0.4, 0.5) is 5.69 Å². The minimum absolute atomic E-state index is 0.0237. The Kier molecular flexibility index (Phi) is 12.5. The molecule has 0 aliphatic carbocycles. The molecule has 5 rings (SSSR count). The molecule has 1 aromatic heterocycles. The Morgan fingerprint density at radius 3 is 1.76 bits per heavy atom. The van der Waals surface area contributed by atoms with Gasteiger partial charge in [0.15, 0.2) is 5.78 Å². The van der Waals surface area contributed by atoms with E-state index in [9.17, 15) is 4.79 Å². The first kappa shape index (κ1) is 30.8. The van der Waals surface area contributed by atoms with Gasteiger partial charge in [0.1, 0.15) is 0 Å². The Bertz CT molecular complexity index is 1470. The molecule has 42 heavy (non-hydrogen) atoms. The number of para-hydroxylation sites is 1. The minimum Gasteiger partial charge on any atom is -0.399 e. The summed E-state index contributed by atoms with van der Waals surface area (Å²) < 4.78 is 2.52. The van der Waals surface area contributed by atoms with Crippen LogP contribution in [-0.2, 0) is 6.54 Å². The van der Waals surface area contributed by atoms with Gasteiger partial charge < -0.3 is 10.3 Å². The summed E-state index contributed by atoms with van der Waals surface area (Å²) in [7, 11) is 0. The van der Waals surface area contributed by atoms with E-state index in [4.69, 9.17) is 5.73 Å². The third-order valence-corrected chi connectivity index (χ3v) is 7.82. The van der Waals surface area contributed by atoms with Gasteiger partial charge in [0.25, 0.3) is 0 Å². The van der Waals surface area contributed by atoms with Crippen LogP contribution in [0.15, 0.2) is 115 Å². The molecule has 0 spiro atoms. The molecule has 0 unspecified atom stereocenters. The fraction of sp³-hybridized carbons (Fsp3) is 0.308. The van der Waals surface area contributed by atoms with Crippen molar-refractivity contribution in [3.63, 3.8) is 0 Å². The van der Waals surface area contributed by atoms with E-state index < -0.39 is 0 Å². The van der Waals surface area contributed by atoms with Gasteiger partial charge in [-0.15, -0.1) is 0 Å². The van der Waals surface area contributed by atoms with Crippen LogP contribution >= 0.6 is 0 Å². The van der Waals surface area contributed by atoms with Crippen LogP contribution in [-0.4, -0.2) is 10.4 Å². The van der Waals surface area contributed by atoms with E-state index >= 15 is 0 Å². The van der Waals surface area contributed by atoms with Crippen LogP contribution in [0, 0.1) is 0 Å². The second kappa shape index (κ2) is 17.0. The monoisotopic (exact) mass is 558 g/mol. The lowest BCUT2D eigenvalue weighted by Crippen LogP contribution is -2.00. The van der Waals surface area contributed by atoms with E-state index in [1.807, 2.05) is 18.2 Å². The molecule has 0 amide bonds. The topological polar surface area (TPSA) is 48.0 Å². The van der Waals surface area contributed by atoms with Crippen LogP contribution in [0.25, 0.3) is 22.2 Å². The number of carbonyl (C=O) groups is 1. The quantitative estimate of drug-likeness (QED) is 0.0837. The standard InChI is InChI=1S/C26H35N.C13H11NO/c1-2-3-4-5-6-7-8-9-10-16-21-27-25-20-15-14-19-24(25)22-26(27)23-17-12-11-13-18-23;14-12-8-6-11(7-9-12)13(15)10-4-2-1-3-5-10/h11-15,17-20,22H,2-10,16,21H2,1H3;1-9H,14H2. The molecule has 4 aromatic carbocycles. The number of carbonyl (C=O) groups excluding carboxylic acids is 1. The van der Waals surface area contributed by atoms with E-state index in [0.29, 0.717) is 16.8 Å². The molecular formula is C39H46N2O. The molecule has 3 nitrogen and oxygen atoms in total. The number of benzene rings is 4. The van der Waals surface area contributed by atoms with Crippen molar-refractivity contribution in [2.24, 2.45) is 0 Å². The van der Waals surface area contributed by atoms with Gasteiger partial charge in [-0.2, -0.15) is 0 Å². The molecule has 1 heterocycles. The first-order chi connectivity index (χ1) is 20.7. The first-order valence-electron chi connectivity index (χ1n) is 15.8. The summed E-state index contributed by atoms with van der Waals surface area (Å²) in [5.74, 6) is 0.0237. The summed E-state index contributed by atoms with van der Waals surface area (Å²) >= 11 is 0. The van der Waals surface area contributed by atoms with Crippen LogP contribution in [0.5, 0.6) is 0 Å². The highest BCUT2D eigenvalue weighted by Crippen LogP contribution is 2.29. The van der Waals surface area contributed by atoms with Crippen molar-refractivity contribution in [3.05, 3.63) is 126 Å². The van der Waals surface area contributed by atoms with Crippen LogP contribution < -0.4 is 5.73 Å². The largest absolute Gasteiger partial charge is 0.399 e. The average molecular weight is 559 g/mol. The Balaban J connectivity index is 0.000000227. The number of nitrogens with zero attached hydrogens (tertiary/aromatic N) is 1. The average Bonchev–Trinajstić information content (AvgIpc) is 3.42. The highest BCUT2D eigenvalue weighted by molar-refractivity contribution is 6.09. The molecular weight excluding hydrogens is 512 g/mol. The maximum Gasteiger partial charge on any atom is 0.193 e. The van der Waals surface area contributed by atoms with Gasteiger partial charge in [0, 0.05) is 40.0 Å². The minimum atomic E-state index is 0.0237. The normalized spacial score (nSPS) is 10.8. The number of unbranched alkanes of at least 4 members (excludes halogenated alkanes) is 9. The van der Waals surface area contributed by atoms with Crippen molar-refractivity contribution < 1.29 is 4.79 Å². The number of aromatic nitrogens is 1. The molecule has 0 fully saturated rings. The lowest BCUT2D eigenvalue weighted by molar-refractivity contribution is 0.103. The third kappa shape index (κ3) is 9.21. The molecule has 0 aliphatic heterocycles. The number of hydrogen-bond donors (Lipinski definition) is 1. The fourth-order valence-corrected chi connectivity index (χ4v) is 5.45. The molecule has 218 valence electrons. The molecule has 0 radical (unpaired) electrons. The summed E-state index contributed by atoms with van der Waals surface area (Å²) in [6.45, 7) is 3.41. The molecule has 0 saturated carbocycles. The zero-order valence-corrected chi connectivity index (χ0v) is 25.2. The highest BCUT2D eigenvalue weighted by atomic mass is 16.1. The molecule has 0 aliphatic rings. The Labute approximate surface area is 252 Å². The summed E-state index contributed by atoms with van der Waals surface area (Å²) in [6, 6.07) is 38.1. The van der Waals surface area contributed by atoms with E-state index in [1.165, 1.54) is 86.4 Å². The number of aryl methyl sites for hydroxylation is 1. The van der Waals surface area contributed by atoms with Crippen molar-refractivity contribution in [2.75, 3.05) is 5.73 Å². The predicted octanol–water partition coefficient (Wildman–Crippen LogP) is 10.7. The van der Waals surface area contributed by atoms with Gasteiger partial charge in [-0.25, -0.2) is 0 Å². The molecule has 0 bridgehead atoms. The number of nitrogens with two attached hydrogens (primary N) is 1. The van der Waals surface area contributed by atoms with Gasteiger partial charge >= 0.3 is 0 Å². The van der Waals surface area contributed by atoms with Crippen molar-refractivity contribution in [1.82, 2.24) is 4.57 Å². The highest BCUT2D eigenvalue weighted by Gasteiger charge is 2.10. The summed E-state index contributed by atoms with van der Waals surface area (Å²) in [5.41, 5.74) is 11.6. The Morgan fingerprint density at radius 1 is 0.595 bits per heavy atom. The number of anilines is 1. The lowest BCUT2D eigenvalue weighted by atomic mass is 10.0. The summed E-state index contributed by atoms with van der Waals surface area (Å²) in [6.07, 6.45) is 13.9. The molecule has 0 saturated heterocycles. The van der Waals surface area contributed by atoms with Crippen molar-refractivity contribution in [1.29, 1.82) is 0 Å². The second-order valence-electron chi connectivity index (χ2n) is 11.1.